The van der Waals surface area contributed by atoms with E-state index in [9.17, 15) is 14.7 Å². The van der Waals surface area contributed by atoms with Crippen LogP contribution < -0.4 is 19.5 Å². The second kappa shape index (κ2) is 10.9. The lowest BCUT2D eigenvalue weighted by Crippen LogP contribution is -2.29. The fourth-order valence-electron chi connectivity index (χ4n) is 2.82. The third-order valence-electron chi connectivity index (χ3n) is 4.45. The summed E-state index contributed by atoms with van der Waals surface area (Å²) in [5.41, 5.74) is 0.350. The summed E-state index contributed by atoms with van der Waals surface area (Å²) in [4.78, 5) is 24.2. The number of carboxylic acid groups (broad SMARTS) is 1. The van der Waals surface area contributed by atoms with E-state index in [4.69, 9.17) is 14.2 Å². The van der Waals surface area contributed by atoms with Crippen LogP contribution in [0.15, 0.2) is 42.5 Å². The molecule has 0 bridgehead atoms. The van der Waals surface area contributed by atoms with Crippen molar-refractivity contribution in [1.29, 1.82) is 0 Å². The van der Waals surface area contributed by atoms with Crippen molar-refractivity contribution in [2.24, 2.45) is 5.92 Å². The fraction of sp³-hybridized carbons (Fsp3) is 0.364. The second-order valence-corrected chi connectivity index (χ2v) is 6.49. The Morgan fingerprint density at radius 3 is 2.34 bits per heavy atom. The minimum absolute atomic E-state index is 0.286. The predicted octanol–water partition coefficient (Wildman–Crippen LogP) is 4.72. The number of para-hydroxylation sites is 2. The monoisotopic (exact) mass is 401 g/mol. The molecule has 29 heavy (non-hydrogen) atoms. The molecule has 2 aromatic carbocycles. The summed E-state index contributed by atoms with van der Waals surface area (Å²) < 4.78 is 16.5. The van der Waals surface area contributed by atoms with Crippen molar-refractivity contribution >= 4 is 17.6 Å². The summed E-state index contributed by atoms with van der Waals surface area (Å²) in [6, 6.07) is 12.0. The lowest BCUT2D eigenvalue weighted by molar-refractivity contribution is -0.145. The number of carboxylic acids is 1. The van der Waals surface area contributed by atoms with Gasteiger partial charge in [-0.2, -0.15) is 0 Å². The molecule has 0 heterocycles. The lowest BCUT2D eigenvalue weighted by atomic mass is 10.0. The van der Waals surface area contributed by atoms with Gasteiger partial charge in [0.2, 0.25) is 5.91 Å². The minimum atomic E-state index is -1.14. The number of anilines is 1. The summed E-state index contributed by atoms with van der Waals surface area (Å²) in [6.07, 6.45) is 2.78. The van der Waals surface area contributed by atoms with E-state index in [1.54, 1.807) is 36.4 Å². The predicted molar refractivity (Wildman–Crippen MR) is 110 cm³/mol. The van der Waals surface area contributed by atoms with Crippen molar-refractivity contribution < 1.29 is 28.9 Å². The topological polar surface area (TPSA) is 94.1 Å². The van der Waals surface area contributed by atoms with Gasteiger partial charge in [-0.1, -0.05) is 38.3 Å². The van der Waals surface area contributed by atoms with Gasteiger partial charge in [-0.25, -0.2) is 0 Å². The third kappa shape index (κ3) is 6.14. The van der Waals surface area contributed by atoms with E-state index in [1.807, 2.05) is 13.0 Å². The van der Waals surface area contributed by atoms with Gasteiger partial charge >= 0.3 is 5.97 Å². The number of ether oxygens (including phenoxy) is 3. The van der Waals surface area contributed by atoms with Crippen molar-refractivity contribution in [3.8, 4) is 23.0 Å². The second-order valence-electron chi connectivity index (χ2n) is 6.49. The molecule has 0 aliphatic heterocycles. The molecule has 0 fully saturated rings. The van der Waals surface area contributed by atoms with E-state index in [0.29, 0.717) is 35.1 Å². The first-order valence-corrected chi connectivity index (χ1v) is 9.52. The van der Waals surface area contributed by atoms with Crippen molar-refractivity contribution in [2.75, 3.05) is 19.5 Å². The lowest BCUT2D eigenvalue weighted by Gasteiger charge is -2.17. The molecule has 0 radical (unpaired) electrons. The zero-order valence-electron chi connectivity index (χ0n) is 16.9. The number of rotatable bonds is 11. The number of methoxy groups -OCH3 is 2. The van der Waals surface area contributed by atoms with Gasteiger partial charge in [-0.3, -0.25) is 9.59 Å². The highest BCUT2D eigenvalue weighted by atomic mass is 16.5. The van der Waals surface area contributed by atoms with E-state index < -0.39 is 17.8 Å². The fourth-order valence-corrected chi connectivity index (χ4v) is 2.82. The molecule has 0 aromatic heterocycles. The molecule has 7 nitrogen and oxygen atoms in total. The number of unbranched alkanes of at least 4 members (excludes halogenated alkanes) is 2. The smallest absolute Gasteiger partial charge is 0.316 e. The normalized spacial score (nSPS) is 11.4. The number of aliphatic carboxylic acids is 1. The van der Waals surface area contributed by atoms with Crippen molar-refractivity contribution in [1.82, 2.24) is 0 Å². The number of hydrogen-bond donors (Lipinski definition) is 2. The first kappa shape index (κ1) is 22.1. The van der Waals surface area contributed by atoms with Gasteiger partial charge in [0.1, 0.15) is 11.7 Å². The number of amides is 1. The van der Waals surface area contributed by atoms with Crippen LogP contribution in [0.5, 0.6) is 23.0 Å². The van der Waals surface area contributed by atoms with Gasteiger partial charge in [-0.15, -0.1) is 0 Å². The standard InChI is InChI=1S/C22H27NO6/c1-4-5-6-9-16(22(25)26)21(24)23-17-13-12-15(27-2)14-20(17)29-19-11-8-7-10-18(19)28-3/h7-8,10-14,16H,4-6,9H2,1-3H3,(H,23,24)(H,25,26). The van der Waals surface area contributed by atoms with Crippen LogP contribution in [-0.4, -0.2) is 31.2 Å². The summed E-state index contributed by atoms with van der Waals surface area (Å²) in [5.74, 6) is -1.01. The minimum Gasteiger partial charge on any atom is -0.497 e. The Labute approximate surface area is 170 Å². The maximum atomic E-state index is 12.6. The van der Waals surface area contributed by atoms with Crippen LogP contribution in [0.3, 0.4) is 0 Å². The Morgan fingerprint density at radius 1 is 1.00 bits per heavy atom. The van der Waals surface area contributed by atoms with Gasteiger partial charge in [0.25, 0.3) is 0 Å². The van der Waals surface area contributed by atoms with Gasteiger partial charge in [0.05, 0.1) is 19.9 Å². The van der Waals surface area contributed by atoms with E-state index in [2.05, 4.69) is 5.32 Å². The zero-order chi connectivity index (χ0) is 21.2. The highest BCUT2D eigenvalue weighted by Crippen LogP contribution is 2.37. The molecule has 2 aromatic rings. The molecule has 7 heteroatoms. The molecular formula is C22H27NO6. The van der Waals surface area contributed by atoms with E-state index in [1.165, 1.54) is 14.2 Å². The maximum absolute atomic E-state index is 12.6. The molecule has 1 amide bonds. The molecule has 1 unspecified atom stereocenters. The highest BCUT2D eigenvalue weighted by Gasteiger charge is 2.26. The van der Waals surface area contributed by atoms with Crippen LogP contribution in [0.4, 0.5) is 5.69 Å². The van der Waals surface area contributed by atoms with Crippen LogP contribution in [-0.2, 0) is 9.59 Å². The molecule has 0 aliphatic carbocycles. The summed E-state index contributed by atoms with van der Waals surface area (Å²) in [5, 5.41) is 12.1. The Morgan fingerprint density at radius 2 is 1.72 bits per heavy atom. The molecule has 156 valence electrons. The summed E-state index contributed by atoms with van der Waals surface area (Å²) >= 11 is 0. The van der Waals surface area contributed by atoms with E-state index in [-0.39, 0.29) is 6.42 Å². The molecule has 2 N–H and O–H groups in total. The molecule has 1 atom stereocenters. The number of carbonyl (C=O) groups excluding carboxylic acids is 1. The van der Waals surface area contributed by atoms with Crippen LogP contribution in [0.25, 0.3) is 0 Å². The Hall–Kier alpha value is -3.22. The van der Waals surface area contributed by atoms with Crippen molar-refractivity contribution in [3.63, 3.8) is 0 Å². The summed E-state index contributed by atoms with van der Waals surface area (Å²) in [7, 11) is 3.05. The van der Waals surface area contributed by atoms with Crippen LogP contribution in [0.1, 0.15) is 32.6 Å². The molecule has 2 rings (SSSR count). The summed E-state index contributed by atoms with van der Waals surface area (Å²) in [6.45, 7) is 2.02. The molecule has 0 aliphatic rings. The highest BCUT2D eigenvalue weighted by molar-refractivity contribution is 6.04. The van der Waals surface area contributed by atoms with Crippen LogP contribution >= 0.6 is 0 Å². The van der Waals surface area contributed by atoms with Crippen molar-refractivity contribution in [3.05, 3.63) is 42.5 Å². The molecular weight excluding hydrogens is 374 g/mol. The Balaban J connectivity index is 2.27. The number of benzene rings is 2. The van der Waals surface area contributed by atoms with E-state index >= 15 is 0 Å². The average molecular weight is 401 g/mol. The first-order chi connectivity index (χ1) is 14.0. The van der Waals surface area contributed by atoms with Gasteiger partial charge < -0.3 is 24.6 Å². The zero-order valence-corrected chi connectivity index (χ0v) is 16.9. The average Bonchev–Trinajstić information content (AvgIpc) is 2.72. The molecule has 0 saturated heterocycles. The van der Waals surface area contributed by atoms with Crippen LogP contribution in [0, 0.1) is 5.92 Å². The molecule has 0 saturated carbocycles. The number of nitrogens with one attached hydrogen (secondary N) is 1. The number of carbonyl (C=O) groups is 2. The Kier molecular flexibility index (Phi) is 8.33. The Bertz CT molecular complexity index is 836. The third-order valence-corrected chi connectivity index (χ3v) is 4.45. The largest absolute Gasteiger partial charge is 0.497 e. The van der Waals surface area contributed by atoms with Gasteiger partial charge in [0, 0.05) is 6.07 Å². The first-order valence-electron chi connectivity index (χ1n) is 9.52. The van der Waals surface area contributed by atoms with E-state index in [0.717, 1.165) is 12.8 Å². The van der Waals surface area contributed by atoms with Gasteiger partial charge in [0.15, 0.2) is 17.2 Å². The SMILES string of the molecule is CCCCCC(C(=O)O)C(=O)Nc1ccc(OC)cc1Oc1ccccc1OC. The quantitative estimate of drug-likeness (QED) is 0.418. The maximum Gasteiger partial charge on any atom is 0.316 e. The molecule has 0 spiro atoms. The van der Waals surface area contributed by atoms with Crippen LogP contribution in [0.2, 0.25) is 0 Å². The number of hydrogen-bond acceptors (Lipinski definition) is 5. The van der Waals surface area contributed by atoms with Crippen molar-refractivity contribution in [2.45, 2.75) is 32.6 Å². The van der Waals surface area contributed by atoms with Gasteiger partial charge in [-0.05, 0) is 30.7 Å².